The minimum atomic E-state index is -0.265. The van der Waals surface area contributed by atoms with Gasteiger partial charge in [-0.3, -0.25) is 9.59 Å². The van der Waals surface area contributed by atoms with Crippen LogP contribution in [-0.2, 0) is 11.3 Å². The standard InChI is InChI=1S/C19H24ClN5O2S/c1-11-18(28-24-23-11)19(27)22-14-7-8-15(20)13(9-14)10-25(12(2)26)17-6-4-3-5-16(17)21/h7-9,16-17H,3-6,10,21H2,1-2H3,(H,22,27). The molecule has 150 valence electrons. The number of hydrogen-bond donors (Lipinski definition) is 2. The van der Waals surface area contributed by atoms with Gasteiger partial charge in [0.25, 0.3) is 5.91 Å². The molecule has 0 radical (unpaired) electrons. The molecule has 2 aromatic rings. The lowest BCUT2D eigenvalue weighted by atomic mass is 9.89. The van der Waals surface area contributed by atoms with Crippen LogP contribution in [0.25, 0.3) is 0 Å². The molecule has 0 aliphatic heterocycles. The molecular weight excluding hydrogens is 398 g/mol. The number of nitrogens with zero attached hydrogens (tertiary/aromatic N) is 3. The van der Waals surface area contributed by atoms with Crippen LogP contribution < -0.4 is 11.1 Å². The number of anilines is 1. The predicted molar refractivity (Wildman–Crippen MR) is 111 cm³/mol. The van der Waals surface area contributed by atoms with E-state index >= 15 is 0 Å². The van der Waals surface area contributed by atoms with Gasteiger partial charge in [-0.05, 0) is 55.1 Å². The Labute approximate surface area is 173 Å². The first-order chi connectivity index (χ1) is 13.4. The molecule has 1 aromatic carbocycles. The number of benzene rings is 1. The van der Waals surface area contributed by atoms with Gasteiger partial charge in [-0.15, -0.1) is 5.10 Å². The number of carbonyl (C=O) groups is 2. The van der Waals surface area contributed by atoms with Gasteiger partial charge in [0.2, 0.25) is 5.91 Å². The zero-order valence-corrected chi connectivity index (χ0v) is 17.5. The molecule has 28 heavy (non-hydrogen) atoms. The van der Waals surface area contributed by atoms with Crippen molar-refractivity contribution >= 4 is 40.6 Å². The summed E-state index contributed by atoms with van der Waals surface area (Å²) in [6.45, 7) is 3.65. The van der Waals surface area contributed by atoms with Gasteiger partial charge >= 0.3 is 0 Å². The molecule has 1 aliphatic rings. The van der Waals surface area contributed by atoms with Gasteiger partial charge in [0.15, 0.2) is 0 Å². The summed E-state index contributed by atoms with van der Waals surface area (Å²) in [6.07, 6.45) is 3.97. The summed E-state index contributed by atoms with van der Waals surface area (Å²) in [6, 6.07) is 5.24. The number of carbonyl (C=O) groups excluding carboxylic acids is 2. The van der Waals surface area contributed by atoms with Crippen molar-refractivity contribution in [2.75, 3.05) is 5.32 Å². The molecule has 1 aromatic heterocycles. The van der Waals surface area contributed by atoms with Crippen LogP contribution in [-0.4, -0.2) is 38.4 Å². The number of nitrogens with one attached hydrogen (secondary N) is 1. The van der Waals surface area contributed by atoms with Gasteiger partial charge in [0.1, 0.15) is 4.88 Å². The van der Waals surface area contributed by atoms with Crippen molar-refractivity contribution in [2.45, 2.75) is 58.2 Å². The van der Waals surface area contributed by atoms with E-state index in [2.05, 4.69) is 14.9 Å². The number of amides is 2. The van der Waals surface area contributed by atoms with E-state index in [-0.39, 0.29) is 23.9 Å². The highest BCUT2D eigenvalue weighted by Crippen LogP contribution is 2.27. The molecule has 1 heterocycles. The Bertz CT molecular complexity index is 872. The van der Waals surface area contributed by atoms with Crippen LogP contribution in [0, 0.1) is 6.92 Å². The summed E-state index contributed by atoms with van der Waals surface area (Å²) in [5, 5.41) is 7.25. The highest BCUT2D eigenvalue weighted by molar-refractivity contribution is 7.08. The Balaban J connectivity index is 1.79. The normalized spacial score (nSPS) is 19.3. The van der Waals surface area contributed by atoms with Gasteiger partial charge in [-0.1, -0.05) is 28.9 Å². The van der Waals surface area contributed by atoms with E-state index in [0.29, 0.717) is 27.8 Å². The molecule has 2 unspecified atom stereocenters. The maximum Gasteiger partial charge on any atom is 0.269 e. The third kappa shape index (κ3) is 4.68. The molecule has 1 fully saturated rings. The van der Waals surface area contributed by atoms with Crippen molar-refractivity contribution in [2.24, 2.45) is 5.73 Å². The van der Waals surface area contributed by atoms with E-state index in [1.165, 1.54) is 0 Å². The molecule has 0 spiro atoms. The van der Waals surface area contributed by atoms with Crippen LogP contribution >= 0.6 is 23.1 Å². The first kappa shape index (κ1) is 20.7. The van der Waals surface area contributed by atoms with Gasteiger partial charge in [0, 0.05) is 36.3 Å². The SMILES string of the molecule is CC(=O)N(Cc1cc(NC(=O)c2snnc2C)ccc1Cl)C1CCCCC1N. The number of rotatable bonds is 5. The second-order valence-corrected chi connectivity index (χ2v) is 8.27. The van der Waals surface area contributed by atoms with Gasteiger partial charge in [-0.25, -0.2) is 0 Å². The fraction of sp³-hybridized carbons (Fsp3) is 0.474. The third-order valence-corrected chi connectivity index (χ3v) is 6.28. The van der Waals surface area contributed by atoms with Crippen molar-refractivity contribution in [3.8, 4) is 0 Å². The van der Waals surface area contributed by atoms with Crippen molar-refractivity contribution in [3.63, 3.8) is 0 Å². The second-order valence-electron chi connectivity index (χ2n) is 7.11. The summed E-state index contributed by atoms with van der Waals surface area (Å²) in [4.78, 5) is 27.0. The number of halogens is 1. The molecule has 0 bridgehead atoms. The lowest BCUT2D eigenvalue weighted by Gasteiger charge is -2.38. The van der Waals surface area contributed by atoms with Crippen molar-refractivity contribution in [1.82, 2.24) is 14.5 Å². The molecule has 2 amide bonds. The third-order valence-electron chi connectivity index (χ3n) is 5.09. The fourth-order valence-electron chi connectivity index (χ4n) is 3.57. The number of aryl methyl sites for hydroxylation is 1. The summed E-state index contributed by atoms with van der Waals surface area (Å²) >= 11 is 7.43. The number of aromatic nitrogens is 2. The van der Waals surface area contributed by atoms with Crippen LogP contribution in [0.1, 0.15) is 53.5 Å². The summed E-state index contributed by atoms with van der Waals surface area (Å²) in [5.41, 5.74) is 8.24. The smallest absolute Gasteiger partial charge is 0.269 e. The van der Waals surface area contributed by atoms with Crippen LogP contribution in [0.2, 0.25) is 5.02 Å². The largest absolute Gasteiger partial charge is 0.334 e. The Morgan fingerprint density at radius 3 is 2.75 bits per heavy atom. The molecule has 9 heteroatoms. The van der Waals surface area contributed by atoms with Crippen molar-refractivity contribution in [1.29, 1.82) is 0 Å². The van der Waals surface area contributed by atoms with E-state index in [9.17, 15) is 9.59 Å². The lowest BCUT2D eigenvalue weighted by Crippen LogP contribution is -2.51. The maximum absolute atomic E-state index is 12.4. The number of nitrogens with two attached hydrogens (primary N) is 1. The van der Waals surface area contributed by atoms with Gasteiger partial charge in [-0.2, -0.15) is 0 Å². The molecule has 3 N–H and O–H groups in total. The van der Waals surface area contributed by atoms with Crippen LogP contribution in [0.15, 0.2) is 18.2 Å². The van der Waals surface area contributed by atoms with E-state index in [1.54, 1.807) is 36.9 Å². The zero-order valence-electron chi connectivity index (χ0n) is 15.9. The molecular formula is C19H24ClN5O2S. The summed E-state index contributed by atoms with van der Waals surface area (Å²) in [7, 11) is 0. The highest BCUT2D eigenvalue weighted by Gasteiger charge is 2.29. The van der Waals surface area contributed by atoms with Crippen LogP contribution in [0.4, 0.5) is 5.69 Å². The topological polar surface area (TPSA) is 101 Å². The average Bonchev–Trinajstić information content (AvgIpc) is 3.08. The predicted octanol–water partition coefficient (Wildman–Crippen LogP) is 3.37. The Hall–Kier alpha value is -2.03. The molecule has 0 saturated heterocycles. The summed E-state index contributed by atoms with van der Waals surface area (Å²) < 4.78 is 3.79. The Morgan fingerprint density at radius 1 is 1.36 bits per heavy atom. The molecule has 2 atom stereocenters. The zero-order chi connectivity index (χ0) is 20.3. The monoisotopic (exact) mass is 421 g/mol. The Kier molecular flexibility index (Phi) is 6.64. The van der Waals surface area contributed by atoms with E-state index in [1.807, 2.05) is 0 Å². The van der Waals surface area contributed by atoms with Crippen molar-refractivity contribution < 1.29 is 9.59 Å². The minimum absolute atomic E-state index is 0.00600. The lowest BCUT2D eigenvalue weighted by molar-refractivity contribution is -0.133. The van der Waals surface area contributed by atoms with E-state index < -0.39 is 0 Å². The first-order valence-electron chi connectivity index (χ1n) is 9.28. The van der Waals surface area contributed by atoms with Gasteiger partial charge in [0.05, 0.1) is 5.69 Å². The first-order valence-corrected chi connectivity index (χ1v) is 10.4. The maximum atomic E-state index is 12.4. The average molecular weight is 422 g/mol. The molecule has 1 saturated carbocycles. The molecule has 7 nitrogen and oxygen atoms in total. The van der Waals surface area contributed by atoms with Crippen molar-refractivity contribution in [3.05, 3.63) is 39.4 Å². The Morgan fingerprint density at radius 2 is 2.11 bits per heavy atom. The highest BCUT2D eigenvalue weighted by atomic mass is 35.5. The quantitative estimate of drug-likeness (QED) is 0.770. The van der Waals surface area contributed by atoms with Crippen LogP contribution in [0.3, 0.4) is 0 Å². The second kappa shape index (κ2) is 8.98. The number of hydrogen-bond acceptors (Lipinski definition) is 6. The minimum Gasteiger partial charge on any atom is -0.334 e. The fourth-order valence-corrected chi connectivity index (χ4v) is 4.30. The summed E-state index contributed by atoms with van der Waals surface area (Å²) in [5.74, 6) is -0.294. The van der Waals surface area contributed by atoms with Gasteiger partial charge < -0.3 is 16.0 Å². The molecule has 3 rings (SSSR count). The van der Waals surface area contributed by atoms with E-state index in [0.717, 1.165) is 42.8 Å². The van der Waals surface area contributed by atoms with Crippen LogP contribution in [0.5, 0.6) is 0 Å². The molecule has 1 aliphatic carbocycles. The van der Waals surface area contributed by atoms with E-state index in [4.69, 9.17) is 17.3 Å².